The summed E-state index contributed by atoms with van der Waals surface area (Å²) in [5.41, 5.74) is 5.66. The van der Waals surface area contributed by atoms with Crippen molar-refractivity contribution in [3.63, 3.8) is 0 Å². The molecule has 0 bridgehead atoms. The Hall–Kier alpha value is -1.43. The number of hydrogen-bond acceptors (Lipinski definition) is 3. The monoisotopic (exact) mass is 256 g/mol. The molecule has 4 nitrogen and oxygen atoms in total. The Morgan fingerprint density at radius 1 is 1.43 bits per heavy atom. The van der Waals surface area contributed by atoms with Crippen LogP contribution in [0.2, 0.25) is 0 Å². The molecule has 0 amide bonds. The maximum absolute atomic E-state index is 13.4. The van der Waals surface area contributed by atoms with E-state index in [1.807, 2.05) is 0 Å². The summed E-state index contributed by atoms with van der Waals surface area (Å²) in [4.78, 5) is 3.84. The van der Waals surface area contributed by atoms with Crippen LogP contribution in [0.4, 0.5) is 10.3 Å². The van der Waals surface area contributed by atoms with Crippen molar-refractivity contribution < 1.29 is 4.39 Å². The van der Waals surface area contributed by atoms with Crippen LogP contribution in [0.15, 0.2) is 22.7 Å². The van der Waals surface area contributed by atoms with Crippen LogP contribution in [-0.2, 0) is 0 Å². The first-order chi connectivity index (χ1) is 6.68. The van der Waals surface area contributed by atoms with E-state index in [0.29, 0.717) is 15.9 Å². The first-order valence-electron chi connectivity index (χ1n) is 3.81. The second-order valence-corrected chi connectivity index (χ2v) is 3.49. The quantitative estimate of drug-likeness (QED) is 0.820. The lowest BCUT2D eigenvalue weighted by Crippen LogP contribution is -1.89. The van der Waals surface area contributed by atoms with Crippen molar-refractivity contribution in [2.45, 2.75) is 0 Å². The number of anilines is 1. The topological polar surface area (TPSA) is 67.6 Å². The van der Waals surface area contributed by atoms with Gasteiger partial charge in [0.2, 0.25) is 5.95 Å². The largest absolute Gasteiger partial charge is 0.366 e. The molecule has 0 unspecified atom stereocenters. The van der Waals surface area contributed by atoms with Gasteiger partial charge in [0.1, 0.15) is 5.82 Å². The van der Waals surface area contributed by atoms with Crippen molar-refractivity contribution in [2.75, 3.05) is 5.73 Å². The number of nitrogen functional groups attached to an aromatic ring is 1. The van der Waals surface area contributed by atoms with Gasteiger partial charge in [-0.2, -0.15) is 4.98 Å². The fraction of sp³-hybridized carbons (Fsp3) is 0. The number of nitrogens with one attached hydrogen (secondary N) is 1. The molecule has 72 valence electrons. The molecule has 0 aliphatic carbocycles. The molecular formula is C8H6BrFN4. The summed E-state index contributed by atoms with van der Waals surface area (Å²) in [5.74, 6) is 0.0261. The lowest BCUT2D eigenvalue weighted by atomic mass is 10.2. The third kappa shape index (κ3) is 1.48. The zero-order chi connectivity index (χ0) is 10.1. The summed E-state index contributed by atoms with van der Waals surface area (Å²) in [5, 5.41) is 6.18. The highest BCUT2D eigenvalue weighted by atomic mass is 79.9. The highest BCUT2D eigenvalue weighted by Gasteiger charge is 2.12. The number of halogens is 2. The van der Waals surface area contributed by atoms with Gasteiger partial charge in [-0.3, -0.25) is 5.10 Å². The van der Waals surface area contributed by atoms with Gasteiger partial charge in [-0.15, -0.1) is 5.10 Å². The van der Waals surface area contributed by atoms with Crippen LogP contribution in [0, 0.1) is 5.82 Å². The lowest BCUT2D eigenvalue weighted by Gasteiger charge is -2.00. The van der Waals surface area contributed by atoms with Crippen molar-refractivity contribution >= 4 is 21.9 Å². The van der Waals surface area contributed by atoms with Crippen molar-refractivity contribution in [2.24, 2.45) is 0 Å². The predicted octanol–water partition coefficient (Wildman–Crippen LogP) is 1.96. The number of hydrogen-bond donors (Lipinski definition) is 2. The first kappa shape index (κ1) is 9.14. The number of nitrogens with zero attached hydrogens (tertiary/aromatic N) is 2. The standard InChI is InChI=1S/C8H6BrFN4/c9-4-2-1-3-5(10)6(4)7-12-8(11)14-13-7/h1-3H,(H3,11,12,13,14). The second-order valence-electron chi connectivity index (χ2n) is 2.64. The summed E-state index contributed by atoms with van der Waals surface area (Å²) >= 11 is 3.22. The number of aromatic amines is 1. The summed E-state index contributed by atoms with van der Waals surface area (Å²) in [6.07, 6.45) is 0. The van der Waals surface area contributed by atoms with E-state index in [9.17, 15) is 4.39 Å². The Labute approximate surface area is 87.5 Å². The van der Waals surface area contributed by atoms with Gasteiger partial charge in [-0.05, 0) is 28.1 Å². The SMILES string of the molecule is Nc1n[nH]c(-c2c(F)cccc2Br)n1. The molecule has 2 rings (SSSR count). The molecule has 0 fully saturated rings. The second kappa shape index (κ2) is 3.38. The number of aromatic nitrogens is 3. The molecule has 0 saturated heterocycles. The molecular weight excluding hydrogens is 251 g/mol. The molecule has 0 aliphatic heterocycles. The zero-order valence-corrected chi connectivity index (χ0v) is 8.55. The smallest absolute Gasteiger partial charge is 0.239 e. The van der Waals surface area contributed by atoms with Gasteiger partial charge in [0.05, 0.1) is 5.56 Å². The summed E-state index contributed by atoms with van der Waals surface area (Å²) in [6.45, 7) is 0. The van der Waals surface area contributed by atoms with Crippen LogP contribution in [0.1, 0.15) is 0 Å². The molecule has 0 aliphatic rings. The van der Waals surface area contributed by atoms with Crippen LogP contribution in [0.3, 0.4) is 0 Å². The van der Waals surface area contributed by atoms with E-state index >= 15 is 0 Å². The summed E-state index contributed by atoms with van der Waals surface area (Å²) < 4.78 is 14.0. The molecule has 6 heteroatoms. The Kier molecular flexibility index (Phi) is 2.20. The van der Waals surface area contributed by atoms with Crippen molar-refractivity contribution in [1.29, 1.82) is 0 Å². The fourth-order valence-corrected chi connectivity index (χ4v) is 1.64. The van der Waals surface area contributed by atoms with Gasteiger partial charge in [-0.1, -0.05) is 6.07 Å². The minimum atomic E-state index is -0.379. The van der Waals surface area contributed by atoms with E-state index in [1.54, 1.807) is 12.1 Å². The van der Waals surface area contributed by atoms with Gasteiger partial charge in [-0.25, -0.2) is 4.39 Å². The lowest BCUT2D eigenvalue weighted by molar-refractivity contribution is 0.629. The van der Waals surface area contributed by atoms with Crippen LogP contribution < -0.4 is 5.73 Å². The van der Waals surface area contributed by atoms with Crippen LogP contribution in [-0.4, -0.2) is 15.2 Å². The zero-order valence-electron chi connectivity index (χ0n) is 6.96. The number of nitrogens with two attached hydrogens (primary N) is 1. The predicted molar refractivity (Wildman–Crippen MR) is 53.9 cm³/mol. The van der Waals surface area contributed by atoms with Gasteiger partial charge in [0, 0.05) is 4.47 Å². The highest BCUT2D eigenvalue weighted by molar-refractivity contribution is 9.10. The summed E-state index contributed by atoms with van der Waals surface area (Å²) in [7, 11) is 0. The van der Waals surface area contributed by atoms with Gasteiger partial charge in [0.25, 0.3) is 0 Å². The normalized spacial score (nSPS) is 10.4. The third-order valence-electron chi connectivity index (χ3n) is 1.70. The average Bonchev–Trinajstić information content (AvgIpc) is 2.51. The molecule has 1 heterocycles. The van der Waals surface area contributed by atoms with Crippen molar-refractivity contribution in [1.82, 2.24) is 15.2 Å². The number of rotatable bonds is 1. The van der Waals surface area contributed by atoms with Gasteiger partial charge in [0.15, 0.2) is 5.82 Å². The Bertz CT molecular complexity index is 448. The van der Waals surface area contributed by atoms with E-state index in [2.05, 4.69) is 31.1 Å². The molecule has 0 radical (unpaired) electrons. The minimum absolute atomic E-state index is 0.0927. The van der Waals surface area contributed by atoms with Crippen LogP contribution in [0.5, 0.6) is 0 Å². The van der Waals surface area contributed by atoms with Crippen molar-refractivity contribution in [3.8, 4) is 11.4 Å². The summed E-state index contributed by atoms with van der Waals surface area (Å²) in [6, 6.07) is 4.67. The van der Waals surface area contributed by atoms with E-state index < -0.39 is 0 Å². The fourth-order valence-electron chi connectivity index (χ4n) is 1.11. The third-order valence-corrected chi connectivity index (χ3v) is 2.36. The molecule has 0 spiro atoms. The van der Waals surface area contributed by atoms with Crippen LogP contribution >= 0.6 is 15.9 Å². The van der Waals surface area contributed by atoms with Crippen LogP contribution in [0.25, 0.3) is 11.4 Å². The van der Waals surface area contributed by atoms with E-state index in [4.69, 9.17) is 5.73 Å². The number of benzene rings is 1. The Balaban J connectivity index is 2.61. The molecule has 0 saturated carbocycles. The van der Waals surface area contributed by atoms with E-state index in [0.717, 1.165) is 0 Å². The number of H-pyrrole nitrogens is 1. The minimum Gasteiger partial charge on any atom is -0.366 e. The molecule has 1 aromatic carbocycles. The molecule has 3 N–H and O–H groups in total. The molecule has 0 atom stereocenters. The first-order valence-corrected chi connectivity index (χ1v) is 4.60. The highest BCUT2D eigenvalue weighted by Crippen LogP contribution is 2.28. The van der Waals surface area contributed by atoms with E-state index in [1.165, 1.54) is 6.07 Å². The van der Waals surface area contributed by atoms with E-state index in [-0.39, 0.29) is 11.8 Å². The molecule has 14 heavy (non-hydrogen) atoms. The van der Waals surface area contributed by atoms with Crippen molar-refractivity contribution in [3.05, 3.63) is 28.5 Å². The Morgan fingerprint density at radius 2 is 2.21 bits per heavy atom. The maximum atomic E-state index is 13.4. The van der Waals surface area contributed by atoms with Gasteiger partial charge >= 0.3 is 0 Å². The molecule has 1 aromatic heterocycles. The maximum Gasteiger partial charge on any atom is 0.239 e. The average molecular weight is 257 g/mol. The van der Waals surface area contributed by atoms with Gasteiger partial charge < -0.3 is 5.73 Å². The Morgan fingerprint density at radius 3 is 2.79 bits per heavy atom. The molecule has 2 aromatic rings.